The zero-order valence-electron chi connectivity index (χ0n) is 12.6. The molecule has 1 aliphatic carbocycles. The van der Waals surface area contributed by atoms with Gasteiger partial charge in [-0.15, -0.1) is 23.2 Å². The van der Waals surface area contributed by atoms with Crippen molar-refractivity contribution in [2.24, 2.45) is 11.8 Å². The smallest absolute Gasteiger partial charge is 0.226 e. The number of nitrogens with zero attached hydrogens (tertiary/aromatic N) is 1. The Bertz CT molecular complexity index is 513. The molecule has 1 saturated heterocycles. The number of piperidine rings is 1. The minimum absolute atomic E-state index is 0.0108. The van der Waals surface area contributed by atoms with Crippen molar-refractivity contribution < 1.29 is 4.79 Å². The maximum Gasteiger partial charge on any atom is 0.226 e. The van der Waals surface area contributed by atoms with Gasteiger partial charge < -0.3 is 5.32 Å². The fraction of sp³-hybridized carbons (Fsp3) is 0.588. The quantitative estimate of drug-likeness (QED) is 0.834. The zero-order valence-corrected chi connectivity index (χ0v) is 14.1. The molecule has 0 radical (unpaired) electrons. The molecule has 1 heterocycles. The Balaban J connectivity index is 1.36. The molecular formula is C17H22Cl2N2O. The minimum Gasteiger partial charge on any atom is -0.355 e. The number of alkyl halides is 2. The van der Waals surface area contributed by atoms with Crippen molar-refractivity contribution in [3.05, 3.63) is 35.9 Å². The molecule has 1 unspecified atom stereocenters. The summed E-state index contributed by atoms with van der Waals surface area (Å²) < 4.78 is -0.816. The first kappa shape index (κ1) is 16.1. The van der Waals surface area contributed by atoms with Gasteiger partial charge in [0.05, 0.1) is 5.92 Å². The molecule has 1 atom stereocenters. The summed E-state index contributed by atoms with van der Waals surface area (Å²) >= 11 is 11.8. The van der Waals surface area contributed by atoms with Gasteiger partial charge in [-0.05, 0) is 43.8 Å². The van der Waals surface area contributed by atoms with Crippen molar-refractivity contribution in [1.82, 2.24) is 10.2 Å². The first-order valence-electron chi connectivity index (χ1n) is 7.96. The van der Waals surface area contributed by atoms with Crippen LogP contribution in [0.4, 0.5) is 0 Å². The molecule has 0 spiro atoms. The van der Waals surface area contributed by atoms with Crippen LogP contribution in [0, 0.1) is 11.8 Å². The van der Waals surface area contributed by atoms with Gasteiger partial charge in [-0.25, -0.2) is 0 Å². The Hall–Kier alpha value is -0.770. The fourth-order valence-corrected chi connectivity index (χ4v) is 3.56. The van der Waals surface area contributed by atoms with Crippen LogP contribution in [-0.4, -0.2) is 34.8 Å². The highest BCUT2D eigenvalue weighted by molar-refractivity contribution is 6.52. The molecule has 0 bridgehead atoms. The van der Waals surface area contributed by atoms with Gasteiger partial charge in [-0.2, -0.15) is 0 Å². The average molecular weight is 341 g/mol. The van der Waals surface area contributed by atoms with Crippen molar-refractivity contribution in [2.45, 2.75) is 30.1 Å². The maximum absolute atomic E-state index is 11.9. The summed E-state index contributed by atoms with van der Waals surface area (Å²) in [6, 6.07) is 10.6. The lowest BCUT2D eigenvalue weighted by Gasteiger charge is -2.32. The molecule has 3 rings (SSSR count). The maximum atomic E-state index is 11.9. The molecule has 1 amide bonds. The number of halogens is 2. The highest BCUT2D eigenvalue weighted by atomic mass is 35.5. The lowest BCUT2D eigenvalue weighted by Crippen LogP contribution is -2.39. The van der Waals surface area contributed by atoms with Gasteiger partial charge in [0.15, 0.2) is 0 Å². The third kappa shape index (κ3) is 4.15. The van der Waals surface area contributed by atoms with Crippen LogP contribution in [0.1, 0.15) is 24.8 Å². The summed E-state index contributed by atoms with van der Waals surface area (Å²) in [4.78, 5) is 14.4. The van der Waals surface area contributed by atoms with Crippen LogP contribution in [-0.2, 0) is 11.3 Å². The molecule has 3 nitrogen and oxygen atoms in total. The number of benzene rings is 1. The molecule has 0 aromatic heterocycles. The van der Waals surface area contributed by atoms with Crippen molar-refractivity contribution in [1.29, 1.82) is 0 Å². The zero-order chi connectivity index (χ0) is 15.6. The third-order valence-corrected chi connectivity index (χ3v) is 5.50. The van der Waals surface area contributed by atoms with Crippen molar-refractivity contribution in [3.8, 4) is 0 Å². The molecule has 2 aliphatic rings. The van der Waals surface area contributed by atoms with E-state index < -0.39 is 4.33 Å². The minimum atomic E-state index is -0.816. The van der Waals surface area contributed by atoms with Gasteiger partial charge in [0, 0.05) is 13.1 Å². The van der Waals surface area contributed by atoms with E-state index in [9.17, 15) is 4.79 Å². The van der Waals surface area contributed by atoms with E-state index in [0.29, 0.717) is 12.3 Å². The van der Waals surface area contributed by atoms with Crippen LogP contribution in [0.2, 0.25) is 0 Å². The Kier molecular flexibility index (Phi) is 4.96. The number of amides is 1. The molecular weight excluding hydrogens is 319 g/mol. The van der Waals surface area contributed by atoms with E-state index >= 15 is 0 Å². The third-order valence-electron chi connectivity index (χ3n) is 4.66. The number of carbonyl (C=O) groups is 1. The van der Waals surface area contributed by atoms with Crippen LogP contribution in [0.5, 0.6) is 0 Å². The number of carbonyl (C=O) groups excluding carboxylic acids is 1. The predicted octanol–water partition coefficient (Wildman–Crippen LogP) is 3.21. The van der Waals surface area contributed by atoms with Crippen LogP contribution in [0.3, 0.4) is 0 Å². The molecule has 1 aliphatic heterocycles. The second-order valence-electron chi connectivity index (χ2n) is 6.47. The number of rotatable bonds is 5. The van der Waals surface area contributed by atoms with Crippen LogP contribution in [0.25, 0.3) is 0 Å². The molecule has 1 aromatic rings. The SMILES string of the molecule is O=C(NCC1CCN(Cc2ccccc2)CC1)C1CC1(Cl)Cl. The average Bonchev–Trinajstić information content (AvgIpc) is 3.16. The number of likely N-dealkylation sites (tertiary alicyclic amines) is 1. The van der Waals surface area contributed by atoms with Gasteiger partial charge in [0.1, 0.15) is 4.33 Å². The largest absolute Gasteiger partial charge is 0.355 e. The van der Waals surface area contributed by atoms with Crippen molar-refractivity contribution in [2.75, 3.05) is 19.6 Å². The summed E-state index contributed by atoms with van der Waals surface area (Å²) in [5.74, 6) is 0.362. The molecule has 22 heavy (non-hydrogen) atoms. The molecule has 1 N–H and O–H groups in total. The monoisotopic (exact) mass is 340 g/mol. The Labute approximate surface area is 142 Å². The van der Waals surface area contributed by atoms with E-state index in [1.165, 1.54) is 5.56 Å². The van der Waals surface area contributed by atoms with Crippen molar-refractivity contribution in [3.63, 3.8) is 0 Å². The number of hydrogen-bond donors (Lipinski definition) is 1. The van der Waals surface area contributed by atoms with Gasteiger partial charge >= 0.3 is 0 Å². The number of hydrogen-bond acceptors (Lipinski definition) is 2. The van der Waals surface area contributed by atoms with E-state index in [1.807, 2.05) is 0 Å². The lowest BCUT2D eigenvalue weighted by atomic mass is 9.96. The molecule has 5 heteroatoms. The van der Waals surface area contributed by atoms with E-state index in [-0.39, 0.29) is 11.8 Å². The fourth-order valence-electron chi connectivity index (χ4n) is 3.06. The molecule has 120 valence electrons. The summed E-state index contributed by atoms with van der Waals surface area (Å²) in [6.45, 7) is 3.95. The second-order valence-corrected chi connectivity index (χ2v) is 8.01. The Morgan fingerprint density at radius 2 is 1.86 bits per heavy atom. The van der Waals surface area contributed by atoms with Crippen LogP contribution >= 0.6 is 23.2 Å². The van der Waals surface area contributed by atoms with Gasteiger partial charge in [0.25, 0.3) is 0 Å². The van der Waals surface area contributed by atoms with E-state index in [2.05, 4.69) is 40.5 Å². The standard InChI is InChI=1S/C17H22Cl2N2O/c18-17(19)10-15(17)16(22)20-11-13-6-8-21(9-7-13)12-14-4-2-1-3-5-14/h1-5,13,15H,6-12H2,(H,20,22). The Morgan fingerprint density at radius 1 is 1.23 bits per heavy atom. The summed E-state index contributed by atoms with van der Waals surface area (Å²) in [5, 5.41) is 3.01. The molecule has 1 saturated carbocycles. The van der Waals surface area contributed by atoms with Gasteiger partial charge in [-0.3, -0.25) is 9.69 Å². The highest BCUT2D eigenvalue weighted by Gasteiger charge is 2.56. The topological polar surface area (TPSA) is 32.3 Å². The van der Waals surface area contributed by atoms with Crippen LogP contribution < -0.4 is 5.32 Å². The van der Waals surface area contributed by atoms with E-state index in [0.717, 1.165) is 39.0 Å². The summed E-state index contributed by atoms with van der Waals surface area (Å²) in [5.41, 5.74) is 1.36. The highest BCUT2D eigenvalue weighted by Crippen LogP contribution is 2.53. The van der Waals surface area contributed by atoms with Gasteiger partial charge in [-0.1, -0.05) is 30.3 Å². The normalized spacial score (nSPS) is 24.9. The first-order chi connectivity index (χ1) is 10.5. The lowest BCUT2D eigenvalue weighted by molar-refractivity contribution is -0.122. The number of nitrogens with one attached hydrogen (secondary N) is 1. The van der Waals surface area contributed by atoms with Gasteiger partial charge in [0.2, 0.25) is 5.91 Å². The van der Waals surface area contributed by atoms with Crippen molar-refractivity contribution >= 4 is 29.1 Å². The predicted molar refractivity (Wildman–Crippen MR) is 90.0 cm³/mol. The summed E-state index contributed by atoms with van der Waals surface area (Å²) in [6.07, 6.45) is 2.84. The molecule has 2 fully saturated rings. The molecule has 1 aromatic carbocycles. The van der Waals surface area contributed by atoms with E-state index in [4.69, 9.17) is 23.2 Å². The first-order valence-corrected chi connectivity index (χ1v) is 8.72. The second kappa shape index (κ2) is 6.77. The Morgan fingerprint density at radius 3 is 2.45 bits per heavy atom. The van der Waals surface area contributed by atoms with Crippen LogP contribution in [0.15, 0.2) is 30.3 Å². The van der Waals surface area contributed by atoms with E-state index in [1.54, 1.807) is 0 Å². The summed E-state index contributed by atoms with van der Waals surface area (Å²) in [7, 11) is 0.